The van der Waals surface area contributed by atoms with Crippen LogP contribution < -0.4 is 0 Å². The van der Waals surface area contributed by atoms with E-state index in [2.05, 4.69) is 33.9 Å². The van der Waals surface area contributed by atoms with Gasteiger partial charge in [0.1, 0.15) is 0 Å². The number of carbonyl (C=O) groups is 2. The normalized spacial score (nSPS) is 14.2. The summed E-state index contributed by atoms with van der Waals surface area (Å²) in [5, 5.41) is 8.78. The quantitative estimate of drug-likeness (QED) is 0.610. The SMILES string of the molecule is COC(=O)C(CCC(=O)O)[Si](C)(C)C(C)(C)C. The van der Waals surface area contributed by atoms with Crippen molar-refractivity contribution in [2.75, 3.05) is 7.11 Å². The Kier molecular flexibility index (Phi) is 5.38. The molecule has 17 heavy (non-hydrogen) atoms. The van der Waals surface area contributed by atoms with Gasteiger partial charge in [0.2, 0.25) is 0 Å². The zero-order valence-corrected chi connectivity index (χ0v) is 12.7. The number of carbonyl (C=O) groups excluding carboxylic acids is 1. The number of carboxylic acids is 1. The third kappa shape index (κ3) is 4.15. The van der Waals surface area contributed by atoms with E-state index >= 15 is 0 Å². The van der Waals surface area contributed by atoms with Crippen molar-refractivity contribution in [2.24, 2.45) is 0 Å². The van der Waals surface area contributed by atoms with E-state index in [-0.39, 0.29) is 23.0 Å². The highest BCUT2D eigenvalue weighted by atomic mass is 28.3. The number of methoxy groups -OCH3 is 1. The third-order valence-electron chi connectivity index (χ3n) is 3.94. The number of aliphatic carboxylic acids is 1. The molecule has 0 aromatic carbocycles. The van der Waals surface area contributed by atoms with E-state index in [0.717, 1.165) is 0 Å². The highest BCUT2D eigenvalue weighted by molar-refractivity contribution is 6.84. The minimum absolute atomic E-state index is 0.0201. The Morgan fingerprint density at radius 2 is 1.76 bits per heavy atom. The molecule has 0 aliphatic rings. The van der Waals surface area contributed by atoms with Gasteiger partial charge in [0, 0.05) is 6.42 Å². The van der Waals surface area contributed by atoms with E-state index in [0.29, 0.717) is 6.42 Å². The van der Waals surface area contributed by atoms with E-state index < -0.39 is 14.0 Å². The van der Waals surface area contributed by atoms with E-state index in [1.165, 1.54) is 7.11 Å². The van der Waals surface area contributed by atoms with Crippen molar-refractivity contribution in [3.63, 3.8) is 0 Å². The van der Waals surface area contributed by atoms with E-state index in [1.807, 2.05) is 0 Å². The van der Waals surface area contributed by atoms with Crippen LogP contribution in [-0.4, -0.2) is 32.2 Å². The van der Waals surface area contributed by atoms with Crippen LogP contribution in [0.25, 0.3) is 0 Å². The summed E-state index contributed by atoms with van der Waals surface area (Å²) in [4.78, 5) is 22.5. The van der Waals surface area contributed by atoms with Gasteiger partial charge < -0.3 is 9.84 Å². The number of rotatable bonds is 5. The van der Waals surface area contributed by atoms with Crippen molar-refractivity contribution >= 4 is 20.0 Å². The Morgan fingerprint density at radius 3 is 2.06 bits per heavy atom. The molecule has 100 valence electrons. The second kappa shape index (κ2) is 5.66. The summed E-state index contributed by atoms with van der Waals surface area (Å²) in [7, 11) is -0.559. The molecule has 0 aliphatic heterocycles. The van der Waals surface area contributed by atoms with Crippen LogP contribution in [-0.2, 0) is 14.3 Å². The van der Waals surface area contributed by atoms with Gasteiger partial charge in [-0.15, -0.1) is 0 Å². The van der Waals surface area contributed by atoms with Gasteiger partial charge in [0.25, 0.3) is 0 Å². The molecule has 0 amide bonds. The summed E-state index contributed by atoms with van der Waals surface area (Å²) in [6, 6.07) is 0. The lowest BCUT2D eigenvalue weighted by atomic mass is 10.2. The third-order valence-corrected chi connectivity index (χ3v) is 10.1. The first-order chi connectivity index (χ1) is 7.54. The number of hydrogen-bond donors (Lipinski definition) is 1. The van der Waals surface area contributed by atoms with Crippen molar-refractivity contribution in [1.82, 2.24) is 0 Å². The van der Waals surface area contributed by atoms with Crippen LogP contribution in [0.1, 0.15) is 33.6 Å². The number of hydrogen-bond acceptors (Lipinski definition) is 3. The number of esters is 1. The van der Waals surface area contributed by atoms with Gasteiger partial charge in [-0.05, 0) is 11.5 Å². The van der Waals surface area contributed by atoms with E-state index in [9.17, 15) is 9.59 Å². The number of carboxylic acid groups (broad SMARTS) is 1. The Balaban J connectivity index is 5.04. The molecular weight excluding hydrogens is 236 g/mol. The first-order valence-corrected chi connectivity index (χ1v) is 8.91. The summed E-state index contributed by atoms with van der Waals surface area (Å²) in [6.07, 6.45) is 0.394. The second-order valence-electron chi connectivity index (χ2n) is 5.98. The molecule has 4 nitrogen and oxygen atoms in total. The summed E-state index contributed by atoms with van der Waals surface area (Å²) >= 11 is 0. The van der Waals surface area contributed by atoms with Gasteiger partial charge in [-0.2, -0.15) is 0 Å². The van der Waals surface area contributed by atoms with Crippen molar-refractivity contribution in [2.45, 2.75) is 57.3 Å². The van der Waals surface area contributed by atoms with Crippen LogP contribution in [0.15, 0.2) is 0 Å². The molecule has 0 spiro atoms. The maximum atomic E-state index is 11.8. The second-order valence-corrected chi connectivity index (χ2v) is 11.6. The molecule has 0 bridgehead atoms. The number of ether oxygens (including phenoxy) is 1. The predicted octanol–water partition coefficient (Wildman–Crippen LogP) is 2.90. The highest BCUT2D eigenvalue weighted by Crippen LogP contribution is 2.45. The molecule has 0 fully saturated rings. The Morgan fingerprint density at radius 1 is 1.29 bits per heavy atom. The summed E-state index contributed by atoms with van der Waals surface area (Å²) in [5.74, 6) is -1.13. The first kappa shape index (κ1) is 16.2. The average Bonchev–Trinajstić information content (AvgIpc) is 2.14. The lowest BCUT2D eigenvalue weighted by Gasteiger charge is -2.41. The van der Waals surface area contributed by atoms with Crippen LogP contribution in [0.5, 0.6) is 0 Å². The molecule has 0 aliphatic carbocycles. The van der Waals surface area contributed by atoms with Gasteiger partial charge in [-0.3, -0.25) is 9.59 Å². The molecule has 1 atom stereocenters. The fourth-order valence-corrected chi connectivity index (χ4v) is 4.32. The maximum absolute atomic E-state index is 11.8. The van der Waals surface area contributed by atoms with Gasteiger partial charge in [-0.25, -0.2) is 0 Å². The fraction of sp³-hybridized carbons (Fsp3) is 0.833. The standard InChI is InChI=1S/C12H24O4Si/c1-12(2,3)17(5,6)9(11(15)16-4)7-8-10(13)14/h9H,7-8H2,1-6H3,(H,13,14). The molecular formula is C12H24O4Si. The van der Waals surface area contributed by atoms with Crippen molar-refractivity contribution in [3.05, 3.63) is 0 Å². The smallest absolute Gasteiger partial charge is 0.305 e. The van der Waals surface area contributed by atoms with Gasteiger partial charge in [-0.1, -0.05) is 33.9 Å². The molecule has 1 N–H and O–H groups in total. The molecule has 0 radical (unpaired) electrons. The lowest BCUT2D eigenvalue weighted by molar-refractivity contribution is -0.141. The Bertz CT molecular complexity index is 291. The van der Waals surface area contributed by atoms with E-state index in [1.54, 1.807) is 0 Å². The minimum atomic E-state index is -1.92. The molecule has 0 heterocycles. The molecule has 1 unspecified atom stereocenters. The van der Waals surface area contributed by atoms with Crippen molar-refractivity contribution in [1.29, 1.82) is 0 Å². The van der Waals surface area contributed by atoms with Gasteiger partial charge in [0.15, 0.2) is 0 Å². The van der Waals surface area contributed by atoms with Crippen LogP contribution in [0.4, 0.5) is 0 Å². The van der Waals surface area contributed by atoms with E-state index in [4.69, 9.17) is 9.84 Å². The zero-order valence-electron chi connectivity index (χ0n) is 11.7. The molecule has 0 saturated carbocycles. The van der Waals surface area contributed by atoms with Crippen LogP contribution in [0, 0.1) is 0 Å². The lowest BCUT2D eigenvalue weighted by Crippen LogP contribution is -2.45. The topological polar surface area (TPSA) is 63.6 Å². The fourth-order valence-electron chi connectivity index (χ4n) is 1.71. The monoisotopic (exact) mass is 260 g/mol. The average molecular weight is 260 g/mol. The van der Waals surface area contributed by atoms with Crippen molar-refractivity contribution < 1.29 is 19.4 Å². The summed E-state index contributed by atoms with van der Waals surface area (Å²) in [6.45, 7) is 10.6. The first-order valence-electron chi connectivity index (χ1n) is 5.83. The van der Waals surface area contributed by atoms with Crippen LogP contribution in [0.3, 0.4) is 0 Å². The molecule has 0 saturated heterocycles. The molecule has 0 aromatic heterocycles. The zero-order chi connectivity index (χ0) is 13.9. The van der Waals surface area contributed by atoms with Gasteiger partial charge >= 0.3 is 11.9 Å². The Labute approximate surface area is 104 Å². The highest BCUT2D eigenvalue weighted by Gasteiger charge is 2.46. The summed E-state index contributed by atoms with van der Waals surface area (Å²) in [5.41, 5.74) is -0.261. The molecule has 0 rings (SSSR count). The van der Waals surface area contributed by atoms with Crippen LogP contribution in [0.2, 0.25) is 23.7 Å². The predicted molar refractivity (Wildman–Crippen MR) is 69.8 cm³/mol. The summed E-state index contributed by atoms with van der Waals surface area (Å²) < 4.78 is 4.83. The largest absolute Gasteiger partial charge is 0.481 e. The van der Waals surface area contributed by atoms with Crippen LogP contribution >= 0.6 is 0 Å². The minimum Gasteiger partial charge on any atom is -0.481 e. The van der Waals surface area contributed by atoms with Crippen molar-refractivity contribution in [3.8, 4) is 0 Å². The maximum Gasteiger partial charge on any atom is 0.305 e. The Hall–Kier alpha value is -0.843. The molecule has 5 heteroatoms. The van der Waals surface area contributed by atoms with Gasteiger partial charge in [0.05, 0.1) is 20.7 Å². The molecule has 0 aromatic rings.